The van der Waals surface area contributed by atoms with Crippen LogP contribution in [0.15, 0.2) is 18.2 Å². The predicted octanol–water partition coefficient (Wildman–Crippen LogP) is 1.21. The average Bonchev–Trinajstić information content (AvgIpc) is 2.38. The third-order valence-corrected chi connectivity index (χ3v) is 2.64. The fraction of sp³-hybridized carbons (Fsp3) is 0.385. The van der Waals surface area contributed by atoms with Crippen molar-refractivity contribution in [3.8, 4) is 5.75 Å². The molecule has 0 saturated heterocycles. The number of rotatable bonds is 6. The fourth-order valence-corrected chi connectivity index (χ4v) is 1.39. The van der Waals surface area contributed by atoms with Crippen molar-refractivity contribution in [2.75, 3.05) is 13.7 Å². The van der Waals surface area contributed by atoms with Crippen LogP contribution in [0, 0.1) is 11.7 Å². The summed E-state index contributed by atoms with van der Waals surface area (Å²) in [5.41, 5.74) is 0.237. The van der Waals surface area contributed by atoms with E-state index < -0.39 is 23.6 Å². The maximum absolute atomic E-state index is 13.6. The van der Waals surface area contributed by atoms with Gasteiger partial charge in [-0.15, -0.1) is 0 Å². The summed E-state index contributed by atoms with van der Waals surface area (Å²) in [6.45, 7) is 1.50. The molecule has 1 unspecified atom stereocenters. The minimum absolute atomic E-state index is 0.0198. The molecule has 0 aliphatic carbocycles. The summed E-state index contributed by atoms with van der Waals surface area (Å²) < 4.78 is 18.4. The molecule has 0 heterocycles. The van der Waals surface area contributed by atoms with E-state index >= 15 is 0 Å². The highest BCUT2D eigenvalue weighted by Crippen LogP contribution is 2.16. The van der Waals surface area contributed by atoms with Crippen molar-refractivity contribution in [3.05, 3.63) is 29.6 Å². The molecule has 0 radical (unpaired) electrons. The minimum atomic E-state index is -0.990. The number of amides is 1. The molecule has 0 aliphatic rings. The SMILES string of the molecule is COc1ccc(CC(=O)NCC(C)C(=O)O)c(F)c1. The van der Waals surface area contributed by atoms with Crippen LogP contribution in [-0.4, -0.2) is 30.6 Å². The second-order valence-corrected chi connectivity index (χ2v) is 4.18. The summed E-state index contributed by atoms with van der Waals surface area (Å²) in [6.07, 6.45) is -0.137. The zero-order valence-corrected chi connectivity index (χ0v) is 10.8. The second-order valence-electron chi connectivity index (χ2n) is 4.18. The van der Waals surface area contributed by atoms with Gasteiger partial charge in [-0.3, -0.25) is 9.59 Å². The number of carbonyl (C=O) groups is 2. The van der Waals surface area contributed by atoms with Crippen molar-refractivity contribution in [2.24, 2.45) is 5.92 Å². The number of ether oxygens (including phenoxy) is 1. The number of methoxy groups -OCH3 is 1. The van der Waals surface area contributed by atoms with Crippen LogP contribution in [0.1, 0.15) is 12.5 Å². The Morgan fingerprint density at radius 2 is 2.16 bits per heavy atom. The molecule has 0 aliphatic heterocycles. The molecule has 2 N–H and O–H groups in total. The summed E-state index contributed by atoms with van der Waals surface area (Å²) in [4.78, 5) is 22.1. The van der Waals surface area contributed by atoms with Gasteiger partial charge >= 0.3 is 5.97 Å². The van der Waals surface area contributed by atoms with E-state index in [0.29, 0.717) is 5.75 Å². The van der Waals surface area contributed by atoms with Crippen LogP contribution in [0.5, 0.6) is 5.75 Å². The summed E-state index contributed by atoms with van der Waals surface area (Å²) in [5.74, 6) is -2.24. The summed E-state index contributed by atoms with van der Waals surface area (Å²) in [6, 6.07) is 4.22. The lowest BCUT2D eigenvalue weighted by Gasteiger charge is -2.09. The third-order valence-electron chi connectivity index (χ3n) is 2.64. The molecule has 1 atom stereocenters. The van der Waals surface area contributed by atoms with Gasteiger partial charge in [0.1, 0.15) is 11.6 Å². The second kappa shape index (κ2) is 6.72. The van der Waals surface area contributed by atoms with E-state index in [0.717, 1.165) is 0 Å². The number of benzene rings is 1. The Morgan fingerprint density at radius 1 is 1.47 bits per heavy atom. The molecular weight excluding hydrogens is 253 g/mol. The number of nitrogens with one attached hydrogen (secondary N) is 1. The zero-order chi connectivity index (χ0) is 14.4. The van der Waals surface area contributed by atoms with Gasteiger partial charge < -0.3 is 15.2 Å². The minimum Gasteiger partial charge on any atom is -0.497 e. The Kier molecular flexibility index (Phi) is 5.29. The average molecular weight is 269 g/mol. The molecule has 19 heavy (non-hydrogen) atoms. The van der Waals surface area contributed by atoms with Crippen LogP contribution < -0.4 is 10.1 Å². The van der Waals surface area contributed by atoms with Gasteiger partial charge in [0.25, 0.3) is 0 Å². The monoisotopic (exact) mass is 269 g/mol. The van der Waals surface area contributed by atoms with Crippen LogP contribution in [0.3, 0.4) is 0 Å². The van der Waals surface area contributed by atoms with Gasteiger partial charge in [0.15, 0.2) is 0 Å². The van der Waals surface area contributed by atoms with Crippen LogP contribution in [-0.2, 0) is 16.0 Å². The van der Waals surface area contributed by atoms with Crippen molar-refractivity contribution in [2.45, 2.75) is 13.3 Å². The number of carboxylic acid groups (broad SMARTS) is 1. The van der Waals surface area contributed by atoms with Gasteiger partial charge in [-0.25, -0.2) is 4.39 Å². The Balaban J connectivity index is 2.55. The van der Waals surface area contributed by atoms with E-state index in [1.807, 2.05) is 0 Å². The van der Waals surface area contributed by atoms with Gasteiger partial charge in [-0.1, -0.05) is 13.0 Å². The van der Waals surface area contributed by atoms with Gasteiger partial charge in [-0.2, -0.15) is 0 Å². The van der Waals surface area contributed by atoms with Gasteiger partial charge in [0.2, 0.25) is 5.91 Å². The summed E-state index contributed by atoms with van der Waals surface area (Å²) in [7, 11) is 1.43. The Hall–Kier alpha value is -2.11. The predicted molar refractivity (Wildman–Crippen MR) is 66.5 cm³/mol. The smallest absolute Gasteiger partial charge is 0.308 e. The van der Waals surface area contributed by atoms with Gasteiger partial charge in [0, 0.05) is 12.6 Å². The van der Waals surface area contributed by atoms with Crippen LogP contribution >= 0.6 is 0 Å². The van der Waals surface area contributed by atoms with Crippen LogP contribution in [0.2, 0.25) is 0 Å². The third kappa shape index (κ3) is 4.57. The first-order chi connectivity index (χ1) is 8.93. The lowest BCUT2D eigenvalue weighted by molar-refractivity contribution is -0.141. The molecule has 104 valence electrons. The number of carbonyl (C=O) groups excluding carboxylic acids is 1. The van der Waals surface area contributed by atoms with Crippen molar-refractivity contribution < 1.29 is 23.8 Å². The summed E-state index contributed by atoms with van der Waals surface area (Å²) in [5, 5.41) is 11.1. The molecular formula is C13H16FNO4. The Morgan fingerprint density at radius 3 is 2.68 bits per heavy atom. The number of carboxylic acids is 1. The number of aliphatic carboxylic acids is 1. The number of hydrogen-bond donors (Lipinski definition) is 2. The molecule has 0 saturated carbocycles. The van der Waals surface area contributed by atoms with E-state index in [9.17, 15) is 14.0 Å². The normalized spacial score (nSPS) is 11.7. The van der Waals surface area contributed by atoms with Crippen molar-refractivity contribution in [1.82, 2.24) is 5.32 Å². The molecule has 1 rings (SSSR count). The topological polar surface area (TPSA) is 75.6 Å². The molecule has 0 fully saturated rings. The Bertz CT molecular complexity index is 476. The maximum atomic E-state index is 13.6. The number of halogens is 1. The molecule has 0 bridgehead atoms. The molecule has 0 spiro atoms. The molecule has 1 amide bonds. The van der Waals surface area contributed by atoms with E-state index in [1.165, 1.54) is 26.2 Å². The molecule has 1 aromatic carbocycles. The largest absolute Gasteiger partial charge is 0.497 e. The zero-order valence-electron chi connectivity index (χ0n) is 10.8. The molecule has 0 aromatic heterocycles. The lowest BCUT2D eigenvalue weighted by Crippen LogP contribution is -2.32. The maximum Gasteiger partial charge on any atom is 0.308 e. The van der Waals surface area contributed by atoms with Crippen molar-refractivity contribution in [3.63, 3.8) is 0 Å². The molecule has 5 nitrogen and oxygen atoms in total. The molecule has 1 aromatic rings. The highest BCUT2D eigenvalue weighted by atomic mass is 19.1. The highest BCUT2D eigenvalue weighted by Gasteiger charge is 2.13. The molecule has 6 heteroatoms. The van der Waals surface area contributed by atoms with Crippen LogP contribution in [0.4, 0.5) is 4.39 Å². The van der Waals surface area contributed by atoms with Crippen LogP contribution in [0.25, 0.3) is 0 Å². The van der Waals surface area contributed by atoms with Crippen molar-refractivity contribution in [1.29, 1.82) is 0 Å². The first kappa shape index (κ1) is 14.9. The van der Waals surface area contributed by atoms with Gasteiger partial charge in [-0.05, 0) is 11.6 Å². The van der Waals surface area contributed by atoms with E-state index in [2.05, 4.69) is 5.32 Å². The first-order valence-corrected chi connectivity index (χ1v) is 5.76. The quantitative estimate of drug-likeness (QED) is 0.814. The lowest BCUT2D eigenvalue weighted by atomic mass is 10.1. The standard InChI is InChI=1S/C13H16FNO4/c1-8(13(17)18)7-15-12(16)5-9-3-4-10(19-2)6-11(9)14/h3-4,6,8H,5,7H2,1-2H3,(H,15,16)(H,17,18). The van der Waals surface area contributed by atoms with Crippen molar-refractivity contribution >= 4 is 11.9 Å². The summed E-state index contributed by atoms with van der Waals surface area (Å²) >= 11 is 0. The van der Waals surface area contributed by atoms with Gasteiger partial charge in [0.05, 0.1) is 19.4 Å². The fourth-order valence-electron chi connectivity index (χ4n) is 1.39. The first-order valence-electron chi connectivity index (χ1n) is 5.76. The highest BCUT2D eigenvalue weighted by molar-refractivity contribution is 5.79. The van der Waals surface area contributed by atoms with E-state index in [1.54, 1.807) is 6.07 Å². The Labute approximate surface area is 110 Å². The van der Waals surface area contributed by atoms with E-state index in [-0.39, 0.29) is 18.5 Å². The number of hydrogen-bond acceptors (Lipinski definition) is 3. The van der Waals surface area contributed by atoms with E-state index in [4.69, 9.17) is 9.84 Å².